The third-order valence-corrected chi connectivity index (χ3v) is 3.05. The first kappa shape index (κ1) is 10.4. The van der Waals surface area contributed by atoms with Gasteiger partial charge in [-0.2, -0.15) is 0 Å². The predicted octanol–water partition coefficient (Wildman–Crippen LogP) is 3.78. The van der Waals surface area contributed by atoms with E-state index >= 15 is 0 Å². The van der Waals surface area contributed by atoms with Crippen molar-refractivity contribution in [2.24, 2.45) is 11.8 Å². The van der Waals surface area contributed by atoms with Gasteiger partial charge in [0.15, 0.2) is 0 Å². The second kappa shape index (κ2) is 5.86. The lowest BCUT2D eigenvalue weighted by Gasteiger charge is -2.26. The quantitative estimate of drug-likeness (QED) is 0.574. The number of hydrogen-bond donors (Lipinski definition) is 0. The summed E-state index contributed by atoms with van der Waals surface area (Å²) in [5, 5.41) is 0. The van der Waals surface area contributed by atoms with Gasteiger partial charge in [-0.25, -0.2) is 0 Å². The van der Waals surface area contributed by atoms with Crippen LogP contribution in [0.4, 0.5) is 0 Å². The molecule has 0 saturated heterocycles. The average Bonchev–Trinajstić information content (AvgIpc) is 2.17. The lowest BCUT2D eigenvalue weighted by molar-refractivity contribution is 0.294. The van der Waals surface area contributed by atoms with Crippen molar-refractivity contribution in [3.63, 3.8) is 0 Å². The summed E-state index contributed by atoms with van der Waals surface area (Å²) in [5.41, 5.74) is 0. The maximum atomic E-state index is 5.18. The van der Waals surface area contributed by atoms with Crippen molar-refractivity contribution in [2.45, 2.75) is 45.4 Å². The van der Waals surface area contributed by atoms with Gasteiger partial charge in [-0.1, -0.05) is 31.8 Å². The molecule has 0 heteroatoms. The van der Waals surface area contributed by atoms with E-state index in [0.717, 1.165) is 11.8 Å². The molecule has 0 radical (unpaired) electrons. The lowest BCUT2D eigenvalue weighted by Crippen LogP contribution is -2.12. The highest BCUT2D eigenvalue weighted by molar-refractivity contribution is 5.10. The zero-order valence-corrected chi connectivity index (χ0v) is 8.63. The molecular weight excluding hydrogens is 156 g/mol. The molecule has 1 aliphatic carbocycles. The fraction of sp³-hybridized carbons (Fsp3) is 0.692. The molecule has 0 aliphatic heterocycles. The molecule has 72 valence electrons. The summed E-state index contributed by atoms with van der Waals surface area (Å²) in [6, 6.07) is 0. The van der Waals surface area contributed by atoms with Gasteiger partial charge >= 0.3 is 0 Å². The molecule has 0 aromatic carbocycles. The van der Waals surface area contributed by atoms with Gasteiger partial charge in [0, 0.05) is 0 Å². The third kappa shape index (κ3) is 3.68. The highest BCUT2D eigenvalue weighted by atomic mass is 14.2. The molecule has 0 heterocycles. The van der Waals surface area contributed by atoms with E-state index in [0.29, 0.717) is 0 Å². The molecular formula is C13H20. The minimum atomic E-state index is 0.768. The van der Waals surface area contributed by atoms with E-state index in [-0.39, 0.29) is 0 Å². The Hall–Kier alpha value is -0.700. The van der Waals surface area contributed by atoms with Crippen LogP contribution >= 0.6 is 0 Å². The summed E-state index contributed by atoms with van der Waals surface area (Å²) in [6.07, 6.45) is 17.5. The SMILES string of the molecule is C#CC=C[C@H]1CC[C@H](CCC)CC1. The maximum Gasteiger partial charge on any atom is -0.0159 e. The molecule has 0 amide bonds. The third-order valence-electron chi connectivity index (χ3n) is 3.05. The number of hydrogen-bond acceptors (Lipinski definition) is 0. The van der Waals surface area contributed by atoms with Gasteiger partial charge in [0.05, 0.1) is 0 Å². The highest BCUT2D eigenvalue weighted by Crippen LogP contribution is 2.31. The van der Waals surface area contributed by atoms with Crippen molar-refractivity contribution in [2.75, 3.05) is 0 Å². The Morgan fingerprint density at radius 2 is 2.00 bits per heavy atom. The van der Waals surface area contributed by atoms with E-state index in [1.807, 2.05) is 6.08 Å². The predicted molar refractivity (Wildman–Crippen MR) is 58.3 cm³/mol. The highest BCUT2D eigenvalue weighted by Gasteiger charge is 2.18. The van der Waals surface area contributed by atoms with Crippen LogP contribution in [0.5, 0.6) is 0 Å². The zero-order chi connectivity index (χ0) is 9.52. The summed E-state index contributed by atoms with van der Waals surface area (Å²) >= 11 is 0. The Bertz CT molecular complexity index is 187. The standard InChI is InChI=1S/C13H20/c1-3-5-7-13-10-8-12(6-4-2)9-11-13/h1,5,7,12-13H,4,6,8-11H2,2H3/t12-,13-. The van der Waals surface area contributed by atoms with Crippen molar-refractivity contribution < 1.29 is 0 Å². The Morgan fingerprint density at radius 1 is 1.31 bits per heavy atom. The van der Waals surface area contributed by atoms with Crippen LogP contribution in [0.15, 0.2) is 12.2 Å². The molecule has 13 heavy (non-hydrogen) atoms. The summed E-state index contributed by atoms with van der Waals surface area (Å²) in [4.78, 5) is 0. The Morgan fingerprint density at radius 3 is 2.54 bits per heavy atom. The van der Waals surface area contributed by atoms with Crippen LogP contribution in [0.25, 0.3) is 0 Å². The molecule has 1 rings (SSSR count). The zero-order valence-electron chi connectivity index (χ0n) is 8.63. The maximum absolute atomic E-state index is 5.18. The smallest absolute Gasteiger partial charge is 0.0159 e. The molecule has 0 aromatic heterocycles. The van der Waals surface area contributed by atoms with Crippen molar-refractivity contribution in [3.05, 3.63) is 12.2 Å². The first-order valence-electron chi connectivity index (χ1n) is 5.49. The number of terminal acetylenes is 1. The van der Waals surface area contributed by atoms with Gasteiger partial charge < -0.3 is 0 Å². The van der Waals surface area contributed by atoms with E-state index in [1.165, 1.54) is 38.5 Å². The molecule has 0 N–H and O–H groups in total. The number of allylic oxidation sites excluding steroid dienone is 2. The van der Waals surface area contributed by atoms with E-state index < -0.39 is 0 Å². The largest absolute Gasteiger partial charge is 0.115 e. The second-order valence-corrected chi connectivity index (χ2v) is 4.10. The molecule has 0 aromatic rings. The molecule has 1 saturated carbocycles. The first-order valence-corrected chi connectivity index (χ1v) is 5.49. The minimum Gasteiger partial charge on any atom is -0.115 e. The van der Waals surface area contributed by atoms with Crippen LogP contribution < -0.4 is 0 Å². The summed E-state index contributed by atoms with van der Waals surface area (Å²) in [5.74, 6) is 4.34. The Labute approximate surface area is 82.4 Å². The molecule has 0 atom stereocenters. The Kier molecular flexibility index (Phi) is 4.68. The molecule has 0 unspecified atom stereocenters. The van der Waals surface area contributed by atoms with Crippen LogP contribution in [0.3, 0.4) is 0 Å². The van der Waals surface area contributed by atoms with E-state index in [4.69, 9.17) is 6.42 Å². The van der Waals surface area contributed by atoms with Crippen LogP contribution in [0, 0.1) is 24.2 Å². The summed E-state index contributed by atoms with van der Waals surface area (Å²) in [7, 11) is 0. The van der Waals surface area contributed by atoms with Gasteiger partial charge in [0.1, 0.15) is 0 Å². The molecule has 1 aliphatic rings. The van der Waals surface area contributed by atoms with Crippen molar-refractivity contribution in [1.82, 2.24) is 0 Å². The second-order valence-electron chi connectivity index (χ2n) is 4.10. The minimum absolute atomic E-state index is 0.768. The fourth-order valence-corrected chi connectivity index (χ4v) is 2.27. The van der Waals surface area contributed by atoms with Crippen molar-refractivity contribution in [1.29, 1.82) is 0 Å². The van der Waals surface area contributed by atoms with E-state index in [1.54, 1.807) is 0 Å². The van der Waals surface area contributed by atoms with Gasteiger partial charge in [-0.05, 0) is 43.6 Å². The van der Waals surface area contributed by atoms with Crippen LogP contribution in [-0.2, 0) is 0 Å². The fourth-order valence-electron chi connectivity index (χ4n) is 2.27. The van der Waals surface area contributed by atoms with Crippen molar-refractivity contribution >= 4 is 0 Å². The monoisotopic (exact) mass is 176 g/mol. The molecule has 0 nitrogen and oxygen atoms in total. The summed E-state index contributed by atoms with van der Waals surface area (Å²) < 4.78 is 0. The van der Waals surface area contributed by atoms with Crippen LogP contribution in [-0.4, -0.2) is 0 Å². The van der Waals surface area contributed by atoms with Crippen LogP contribution in [0.1, 0.15) is 45.4 Å². The first-order chi connectivity index (χ1) is 6.36. The van der Waals surface area contributed by atoms with Crippen molar-refractivity contribution in [3.8, 4) is 12.3 Å². The topological polar surface area (TPSA) is 0 Å². The van der Waals surface area contributed by atoms with Crippen LogP contribution in [0.2, 0.25) is 0 Å². The van der Waals surface area contributed by atoms with E-state index in [9.17, 15) is 0 Å². The van der Waals surface area contributed by atoms with Gasteiger partial charge in [-0.15, -0.1) is 6.42 Å². The molecule has 1 fully saturated rings. The van der Waals surface area contributed by atoms with E-state index in [2.05, 4.69) is 18.9 Å². The van der Waals surface area contributed by atoms with Gasteiger partial charge in [-0.3, -0.25) is 0 Å². The normalized spacial score (nSPS) is 28.9. The molecule has 0 spiro atoms. The van der Waals surface area contributed by atoms with Gasteiger partial charge in [0.25, 0.3) is 0 Å². The molecule has 0 bridgehead atoms. The summed E-state index contributed by atoms with van der Waals surface area (Å²) in [6.45, 7) is 2.28. The average molecular weight is 176 g/mol. The Balaban J connectivity index is 2.23. The number of rotatable bonds is 3. The lowest BCUT2D eigenvalue weighted by atomic mass is 9.80. The van der Waals surface area contributed by atoms with Gasteiger partial charge in [0.2, 0.25) is 0 Å².